The van der Waals surface area contributed by atoms with Gasteiger partial charge in [0.1, 0.15) is 29.4 Å². The number of rotatable bonds is 5. The number of aromatic nitrogens is 3. The molecule has 0 fully saturated rings. The lowest BCUT2D eigenvalue weighted by molar-refractivity contribution is 0.350. The molecule has 0 saturated carbocycles. The fourth-order valence-electron chi connectivity index (χ4n) is 2.25. The molecule has 8 heteroatoms. The molecular weight excluding hydrogens is 338 g/mol. The molecule has 0 unspecified atom stereocenters. The molecule has 0 radical (unpaired) electrons. The molecule has 0 atom stereocenters. The molecular formula is C17H17N5O2S. The van der Waals surface area contributed by atoms with E-state index in [4.69, 9.17) is 9.84 Å². The number of nitrogens with one attached hydrogen (secondary N) is 2. The van der Waals surface area contributed by atoms with Crippen molar-refractivity contribution in [2.24, 2.45) is 0 Å². The molecule has 0 saturated heterocycles. The molecule has 0 aliphatic carbocycles. The zero-order valence-corrected chi connectivity index (χ0v) is 14.6. The zero-order valence-electron chi connectivity index (χ0n) is 13.8. The molecule has 3 aromatic rings. The van der Waals surface area contributed by atoms with Crippen LogP contribution in [0.3, 0.4) is 0 Å². The molecule has 2 heterocycles. The van der Waals surface area contributed by atoms with E-state index in [1.54, 1.807) is 30.8 Å². The van der Waals surface area contributed by atoms with Crippen molar-refractivity contribution in [3.05, 3.63) is 35.8 Å². The van der Waals surface area contributed by atoms with Gasteiger partial charge in [-0.1, -0.05) is 17.3 Å². The summed E-state index contributed by atoms with van der Waals surface area (Å²) in [6.07, 6.45) is 3.19. The molecule has 3 N–H and O–H groups in total. The highest BCUT2D eigenvalue weighted by atomic mass is 32.1. The minimum Gasteiger partial charge on any atom is -0.494 e. The predicted octanol–water partition coefficient (Wildman–Crippen LogP) is 2.09. The van der Waals surface area contributed by atoms with Crippen LogP contribution >= 0.6 is 11.3 Å². The first-order valence-electron chi connectivity index (χ1n) is 7.54. The zero-order chi connectivity index (χ0) is 17.6. The van der Waals surface area contributed by atoms with E-state index in [1.165, 1.54) is 0 Å². The van der Waals surface area contributed by atoms with Crippen LogP contribution in [0.1, 0.15) is 11.3 Å². The van der Waals surface area contributed by atoms with E-state index in [1.807, 2.05) is 13.1 Å². The summed E-state index contributed by atoms with van der Waals surface area (Å²) in [5.74, 6) is 6.64. The smallest absolute Gasteiger partial charge is 0.183 e. The number of aliphatic hydroxyl groups excluding tert-OH is 1. The number of thiazole rings is 1. The average Bonchev–Trinajstić information content (AvgIpc) is 3.07. The Kier molecular flexibility index (Phi) is 5.28. The van der Waals surface area contributed by atoms with Gasteiger partial charge >= 0.3 is 0 Å². The molecule has 2 aromatic heterocycles. The summed E-state index contributed by atoms with van der Waals surface area (Å²) in [6.45, 7) is 0.354. The maximum absolute atomic E-state index is 8.75. The van der Waals surface area contributed by atoms with Gasteiger partial charge in [-0.3, -0.25) is 4.98 Å². The number of methoxy groups -OCH3 is 1. The third-order valence-electron chi connectivity index (χ3n) is 3.36. The summed E-state index contributed by atoms with van der Waals surface area (Å²) in [6, 6.07) is 4.03. The van der Waals surface area contributed by atoms with E-state index >= 15 is 0 Å². The van der Waals surface area contributed by atoms with Crippen LogP contribution in [-0.4, -0.2) is 40.8 Å². The second-order valence-electron chi connectivity index (χ2n) is 5.02. The minimum atomic E-state index is -0.206. The van der Waals surface area contributed by atoms with E-state index in [0.717, 1.165) is 26.7 Å². The third-order valence-corrected chi connectivity index (χ3v) is 4.38. The van der Waals surface area contributed by atoms with E-state index in [9.17, 15) is 0 Å². The lowest BCUT2D eigenvalue weighted by Crippen LogP contribution is -2.03. The van der Waals surface area contributed by atoms with Crippen molar-refractivity contribution >= 4 is 32.5 Å². The first kappa shape index (κ1) is 17.0. The number of nitrogens with zero attached hydrogens (tertiary/aromatic N) is 3. The number of aliphatic hydroxyl groups is 1. The van der Waals surface area contributed by atoms with Gasteiger partial charge in [0.05, 0.1) is 24.2 Å². The standard InChI is InChI=1S/C17H17N5O2S/c1-18-17-22-16-13(24-2)6-11(7-14(16)25-17)8-20-15-10-19-9-12(21-15)4-3-5-23/h6-7,9-10,23H,5,8H2,1-2H3,(H,18,22)(H,20,21). The Hall–Kier alpha value is -2.89. The van der Waals surface area contributed by atoms with Crippen LogP contribution in [0, 0.1) is 11.8 Å². The molecule has 0 bridgehead atoms. The Bertz CT molecular complexity index is 945. The van der Waals surface area contributed by atoms with Crippen LogP contribution in [-0.2, 0) is 6.54 Å². The summed E-state index contributed by atoms with van der Waals surface area (Å²) in [4.78, 5) is 12.9. The Morgan fingerprint density at radius 1 is 1.28 bits per heavy atom. The van der Waals surface area contributed by atoms with Crippen molar-refractivity contribution in [3.8, 4) is 17.6 Å². The number of benzene rings is 1. The predicted molar refractivity (Wildman–Crippen MR) is 99.0 cm³/mol. The first-order valence-corrected chi connectivity index (χ1v) is 8.36. The fraction of sp³-hybridized carbons (Fsp3) is 0.235. The van der Waals surface area contributed by atoms with Crippen molar-refractivity contribution in [2.75, 3.05) is 31.4 Å². The van der Waals surface area contributed by atoms with Gasteiger partial charge in [0.25, 0.3) is 0 Å². The van der Waals surface area contributed by atoms with Gasteiger partial charge in [0.2, 0.25) is 0 Å². The molecule has 0 spiro atoms. The second kappa shape index (κ2) is 7.79. The van der Waals surface area contributed by atoms with E-state index in [2.05, 4.69) is 43.5 Å². The first-order chi connectivity index (χ1) is 12.2. The van der Waals surface area contributed by atoms with Gasteiger partial charge in [-0.25, -0.2) is 9.97 Å². The molecule has 25 heavy (non-hydrogen) atoms. The molecule has 0 aliphatic heterocycles. The molecule has 128 valence electrons. The summed E-state index contributed by atoms with van der Waals surface area (Å²) in [5.41, 5.74) is 2.40. The van der Waals surface area contributed by atoms with Crippen molar-refractivity contribution in [3.63, 3.8) is 0 Å². The highest BCUT2D eigenvalue weighted by Gasteiger charge is 2.10. The third kappa shape index (κ3) is 3.96. The number of anilines is 2. The van der Waals surface area contributed by atoms with Crippen LogP contribution in [0.5, 0.6) is 5.75 Å². The SMILES string of the molecule is CNc1nc2c(OC)cc(CNc3cncc(C#CCO)n3)cc2s1. The van der Waals surface area contributed by atoms with Crippen LogP contribution in [0.15, 0.2) is 24.5 Å². The van der Waals surface area contributed by atoms with Crippen molar-refractivity contribution < 1.29 is 9.84 Å². The molecule has 7 nitrogen and oxygen atoms in total. The van der Waals surface area contributed by atoms with Crippen molar-refractivity contribution in [1.29, 1.82) is 0 Å². The number of ether oxygens (including phenoxy) is 1. The molecule has 1 aromatic carbocycles. The average molecular weight is 355 g/mol. The summed E-state index contributed by atoms with van der Waals surface area (Å²) in [5, 5.41) is 15.9. The van der Waals surface area contributed by atoms with Crippen molar-refractivity contribution in [1.82, 2.24) is 15.0 Å². The molecule has 0 aliphatic rings. The van der Waals surface area contributed by atoms with Gasteiger partial charge in [-0.2, -0.15) is 0 Å². The second-order valence-corrected chi connectivity index (χ2v) is 6.05. The van der Waals surface area contributed by atoms with Gasteiger partial charge in [-0.05, 0) is 23.6 Å². The summed E-state index contributed by atoms with van der Waals surface area (Å²) in [7, 11) is 3.48. The van der Waals surface area contributed by atoms with Crippen LogP contribution in [0.25, 0.3) is 10.2 Å². The van der Waals surface area contributed by atoms with Gasteiger partial charge in [0.15, 0.2) is 5.13 Å². The molecule has 3 rings (SSSR count). The Balaban J connectivity index is 1.81. The monoisotopic (exact) mass is 355 g/mol. The lowest BCUT2D eigenvalue weighted by atomic mass is 10.2. The highest BCUT2D eigenvalue weighted by molar-refractivity contribution is 7.22. The van der Waals surface area contributed by atoms with E-state index in [0.29, 0.717) is 18.1 Å². The largest absolute Gasteiger partial charge is 0.494 e. The van der Waals surface area contributed by atoms with Crippen LogP contribution < -0.4 is 15.4 Å². The van der Waals surface area contributed by atoms with Gasteiger partial charge in [0, 0.05) is 13.6 Å². The van der Waals surface area contributed by atoms with Gasteiger partial charge < -0.3 is 20.5 Å². The highest BCUT2D eigenvalue weighted by Crippen LogP contribution is 2.33. The van der Waals surface area contributed by atoms with Crippen LogP contribution in [0.4, 0.5) is 10.9 Å². The number of fused-ring (bicyclic) bond motifs is 1. The maximum atomic E-state index is 8.75. The quantitative estimate of drug-likeness (QED) is 0.604. The van der Waals surface area contributed by atoms with E-state index < -0.39 is 0 Å². The topological polar surface area (TPSA) is 92.2 Å². The van der Waals surface area contributed by atoms with Crippen LogP contribution in [0.2, 0.25) is 0 Å². The Morgan fingerprint density at radius 2 is 2.16 bits per heavy atom. The van der Waals surface area contributed by atoms with Gasteiger partial charge in [-0.15, -0.1) is 0 Å². The Labute approximate surface area is 149 Å². The van der Waals surface area contributed by atoms with Crippen molar-refractivity contribution in [2.45, 2.75) is 6.54 Å². The lowest BCUT2D eigenvalue weighted by Gasteiger charge is -2.08. The molecule has 0 amide bonds. The minimum absolute atomic E-state index is 0.206. The summed E-state index contributed by atoms with van der Waals surface area (Å²) < 4.78 is 6.51. The number of hydrogen-bond donors (Lipinski definition) is 3. The Morgan fingerprint density at radius 3 is 2.92 bits per heavy atom. The van der Waals surface area contributed by atoms with E-state index in [-0.39, 0.29) is 6.61 Å². The summed E-state index contributed by atoms with van der Waals surface area (Å²) >= 11 is 1.57. The normalized spacial score (nSPS) is 10.2. The number of hydrogen-bond acceptors (Lipinski definition) is 8. The maximum Gasteiger partial charge on any atom is 0.183 e. The fourth-order valence-corrected chi connectivity index (χ4v) is 3.15.